The highest BCUT2D eigenvalue weighted by atomic mass is 32.2. The highest BCUT2D eigenvalue weighted by Crippen LogP contribution is 2.28. The molecule has 1 saturated heterocycles. The second-order valence-electron chi connectivity index (χ2n) is 3.47. The molecule has 0 aromatic heterocycles. The number of carboxylic acids is 1. The van der Waals surface area contributed by atoms with Crippen LogP contribution in [0.3, 0.4) is 0 Å². The third kappa shape index (κ3) is 3.57. The number of rotatable bonds is 3. The predicted octanol–water partition coefficient (Wildman–Crippen LogP) is 1.49. The molecule has 88 valence electrons. The molecule has 2 N–H and O–H groups in total. The summed E-state index contributed by atoms with van der Waals surface area (Å²) in [5.74, 6) is -0.0269. The standard InChI is InChI=1S/C8H12F3NO2S/c9-8(10,11)5-12-7(6(13)14)1-3-15-4-2-7/h12H,1-5H2,(H,13,14). The highest BCUT2D eigenvalue weighted by molar-refractivity contribution is 7.99. The molecule has 0 aromatic rings. The number of halogens is 3. The summed E-state index contributed by atoms with van der Waals surface area (Å²) < 4.78 is 36.0. The second kappa shape index (κ2) is 4.61. The first-order valence-corrected chi connectivity index (χ1v) is 5.64. The fourth-order valence-electron chi connectivity index (χ4n) is 1.46. The van der Waals surface area contributed by atoms with Gasteiger partial charge in [-0.25, -0.2) is 0 Å². The molecule has 0 unspecified atom stereocenters. The van der Waals surface area contributed by atoms with E-state index in [2.05, 4.69) is 5.32 Å². The number of hydrogen-bond acceptors (Lipinski definition) is 3. The van der Waals surface area contributed by atoms with Crippen molar-refractivity contribution < 1.29 is 23.1 Å². The van der Waals surface area contributed by atoms with Crippen molar-refractivity contribution in [2.24, 2.45) is 0 Å². The van der Waals surface area contributed by atoms with Gasteiger partial charge in [-0.2, -0.15) is 24.9 Å². The maximum atomic E-state index is 12.0. The van der Waals surface area contributed by atoms with E-state index in [1.54, 1.807) is 11.8 Å². The van der Waals surface area contributed by atoms with Gasteiger partial charge in [-0.1, -0.05) is 0 Å². The molecule has 0 aliphatic carbocycles. The lowest BCUT2D eigenvalue weighted by Gasteiger charge is -2.34. The fourth-order valence-corrected chi connectivity index (χ4v) is 2.65. The molecule has 0 bridgehead atoms. The first-order valence-electron chi connectivity index (χ1n) is 4.49. The Labute approximate surface area is 89.4 Å². The summed E-state index contributed by atoms with van der Waals surface area (Å²) >= 11 is 1.56. The number of carbonyl (C=O) groups is 1. The van der Waals surface area contributed by atoms with E-state index in [9.17, 15) is 18.0 Å². The van der Waals surface area contributed by atoms with Gasteiger partial charge in [0.05, 0.1) is 6.54 Å². The monoisotopic (exact) mass is 243 g/mol. The van der Waals surface area contributed by atoms with Crippen LogP contribution >= 0.6 is 11.8 Å². The molecule has 0 atom stereocenters. The van der Waals surface area contributed by atoms with Crippen molar-refractivity contribution in [3.8, 4) is 0 Å². The van der Waals surface area contributed by atoms with E-state index in [0.717, 1.165) is 0 Å². The van der Waals surface area contributed by atoms with Gasteiger partial charge < -0.3 is 5.11 Å². The normalized spacial score (nSPS) is 21.3. The molecular weight excluding hydrogens is 231 g/mol. The Kier molecular flexibility index (Phi) is 3.88. The van der Waals surface area contributed by atoms with Crippen LogP contribution in [0.15, 0.2) is 0 Å². The van der Waals surface area contributed by atoms with E-state index in [0.29, 0.717) is 11.5 Å². The maximum Gasteiger partial charge on any atom is 0.401 e. The molecule has 1 heterocycles. The topological polar surface area (TPSA) is 49.3 Å². The van der Waals surface area contributed by atoms with Crippen LogP contribution in [0, 0.1) is 0 Å². The predicted molar refractivity (Wildman–Crippen MR) is 51.0 cm³/mol. The third-order valence-electron chi connectivity index (χ3n) is 2.38. The molecule has 15 heavy (non-hydrogen) atoms. The lowest BCUT2D eigenvalue weighted by molar-refractivity contribution is -0.150. The zero-order valence-corrected chi connectivity index (χ0v) is 8.75. The Balaban J connectivity index is 2.61. The molecule has 0 radical (unpaired) electrons. The number of thioether (sulfide) groups is 1. The Bertz CT molecular complexity index is 239. The van der Waals surface area contributed by atoms with Gasteiger partial charge in [0, 0.05) is 0 Å². The van der Waals surface area contributed by atoms with Gasteiger partial charge in [0.25, 0.3) is 0 Å². The van der Waals surface area contributed by atoms with Gasteiger partial charge in [-0.15, -0.1) is 0 Å². The molecule has 0 amide bonds. The van der Waals surface area contributed by atoms with Crippen LogP contribution in [-0.2, 0) is 4.79 Å². The quantitative estimate of drug-likeness (QED) is 0.788. The Morgan fingerprint density at radius 2 is 1.93 bits per heavy atom. The van der Waals surface area contributed by atoms with Crippen molar-refractivity contribution in [1.29, 1.82) is 0 Å². The molecule has 1 aliphatic heterocycles. The summed E-state index contributed by atoms with van der Waals surface area (Å²) in [6, 6.07) is 0. The molecule has 0 spiro atoms. The van der Waals surface area contributed by atoms with E-state index in [1.165, 1.54) is 0 Å². The molecule has 1 rings (SSSR count). The number of nitrogens with one attached hydrogen (secondary N) is 1. The van der Waals surface area contributed by atoms with Crippen LogP contribution in [0.4, 0.5) is 13.2 Å². The molecule has 0 aromatic carbocycles. The zero-order valence-electron chi connectivity index (χ0n) is 7.93. The van der Waals surface area contributed by atoms with Crippen LogP contribution in [0.2, 0.25) is 0 Å². The molecule has 0 saturated carbocycles. The van der Waals surface area contributed by atoms with Crippen LogP contribution in [0.25, 0.3) is 0 Å². The van der Waals surface area contributed by atoms with Gasteiger partial charge in [0.15, 0.2) is 0 Å². The van der Waals surface area contributed by atoms with E-state index < -0.39 is 24.2 Å². The van der Waals surface area contributed by atoms with Gasteiger partial charge in [0.2, 0.25) is 0 Å². The number of hydrogen-bond donors (Lipinski definition) is 2. The Hall–Kier alpha value is -0.430. The minimum absolute atomic E-state index is 0.239. The number of carboxylic acid groups (broad SMARTS) is 1. The summed E-state index contributed by atoms with van der Waals surface area (Å²) in [7, 11) is 0. The lowest BCUT2D eigenvalue weighted by atomic mass is 9.92. The van der Waals surface area contributed by atoms with Crippen molar-refractivity contribution in [1.82, 2.24) is 5.32 Å². The van der Waals surface area contributed by atoms with Crippen molar-refractivity contribution in [2.75, 3.05) is 18.1 Å². The smallest absolute Gasteiger partial charge is 0.401 e. The molecular formula is C8H12F3NO2S. The van der Waals surface area contributed by atoms with Crippen LogP contribution in [-0.4, -0.2) is 40.8 Å². The van der Waals surface area contributed by atoms with E-state index in [4.69, 9.17) is 5.11 Å². The van der Waals surface area contributed by atoms with E-state index in [1.807, 2.05) is 0 Å². The second-order valence-corrected chi connectivity index (χ2v) is 4.69. The molecule has 3 nitrogen and oxygen atoms in total. The first kappa shape index (κ1) is 12.6. The number of alkyl halides is 3. The average molecular weight is 243 g/mol. The Morgan fingerprint density at radius 3 is 2.33 bits per heavy atom. The highest BCUT2D eigenvalue weighted by Gasteiger charge is 2.42. The van der Waals surface area contributed by atoms with Crippen LogP contribution < -0.4 is 5.32 Å². The van der Waals surface area contributed by atoms with E-state index >= 15 is 0 Å². The molecule has 1 fully saturated rings. The lowest BCUT2D eigenvalue weighted by Crippen LogP contribution is -2.56. The minimum atomic E-state index is -4.37. The van der Waals surface area contributed by atoms with Gasteiger partial charge in [-0.3, -0.25) is 10.1 Å². The summed E-state index contributed by atoms with van der Waals surface area (Å²) in [4.78, 5) is 11.0. The van der Waals surface area contributed by atoms with E-state index in [-0.39, 0.29) is 12.8 Å². The Morgan fingerprint density at radius 1 is 1.40 bits per heavy atom. The van der Waals surface area contributed by atoms with Gasteiger partial charge in [0.1, 0.15) is 5.54 Å². The maximum absolute atomic E-state index is 12.0. The largest absolute Gasteiger partial charge is 0.480 e. The van der Waals surface area contributed by atoms with Crippen molar-refractivity contribution in [3.63, 3.8) is 0 Å². The minimum Gasteiger partial charge on any atom is -0.480 e. The first-order chi connectivity index (χ1) is 6.86. The van der Waals surface area contributed by atoms with Crippen LogP contribution in [0.1, 0.15) is 12.8 Å². The zero-order chi connectivity index (χ0) is 11.5. The van der Waals surface area contributed by atoms with Crippen LogP contribution in [0.5, 0.6) is 0 Å². The van der Waals surface area contributed by atoms with Gasteiger partial charge in [-0.05, 0) is 24.3 Å². The van der Waals surface area contributed by atoms with Crippen molar-refractivity contribution in [3.05, 3.63) is 0 Å². The fraction of sp³-hybridized carbons (Fsp3) is 0.875. The van der Waals surface area contributed by atoms with Crippen molar-refractivity contribution >= 4 is 17.7 Å². The SMILES string of the molecule is O=C(O)C1(NCC(F)(F)F)CCSCC1. The number of aliphatic carboxylic acids is 1. The third-order valence-corrected chi connectivity index (χ3v) is 3.37. The summed E-state index contributed by atoms with van der Waals surface area (Å²) in [6.07, 6.45) is -3.89. The molecule has 1 aliphatic rings. The molecule has 7 heteroatoms. The summed E-state index contributed by atoms with van der Waals surface area (Å²) in [5.41, 5.74) is -1.39. The van der Waals surface area contributed by atoms with Gasteiger partial charge >= 0.3 is 12.1 Å². The summed E-state index contributed by atoms with van der Waals surface area (Å²) in [6.45, 7) is -1.25. The average Bonchev–Trinajstić information content (AvgIpc) is 2.15. The van der Waals surface area contributed by atoms with Crippen molar-refractivity contribution in [2.45, 2.75) is 24.6 Å². The summed E-state index contributed by atoms with van der Waals surface area (Å²) in [5, 5.41) is 11.1.